The number of aromatic nitrogens is 1. The van der Waals surface area contributed by atoms with Crippen LogP contribution in [-0.2, 0) is 13.0 Å². The highest BCUT2D eigenvalue weighted by Gasteiger charge is 2.09. The molecule has 0 aliphatic heterocycles. The average molecular weight is 306 g/mol. The molecule has 0 aliphatic carbocycles. The van der Waals surface area contributed by atoms with Crippen LogP contribution in [0.2, 0.25) is 0 Å². The maximum absolute atomic E-state index is 2.41. The van der Waals surface area contributed by atoms with E-state index in [0.717, 1.165) is 19.5 Å². The van der Waals surface area contributed by atoms with Crippen LogP contribution in [0.25, 0.3) is 10.9 Å². The second kappa shape index (κ2) is 7.01. The SMILES string of the molecule is Cc1ccccc1Cn1cc(CCCN(C)C)c2ccccc21. The molecule has 0 unspecified atom stereocenters. The monoisotopic (exact) mass is 306 g/mol. The van der Waals surface area contributed by atoms with Crippen LogP contribution < -0.4 is 0 Å². The van der Waals surface area contributed by atoms with Crippen molar-refractivity contribution in [2.24, 2.45) is 0 Å². The van der Waals surface area contributed by atoms with Gasteiger partial charge in [0.1, 0.15) is 0 Å². The second-order valence-electron chi connectivity index (χ2n) is 6.63. The van der Waals surface area contributed by atoms with E-state index in [4.69, 9.17) is 0 Å². The molecule has 1 aromatic heterocycles. The Balaban J connectivity index is 1.90. The summed E-state index contributed by atoms with van der Waals surface area (Å²) in [4.78, 5) is 2.26. The zero-order valence-electron chi connectivity index (χ0n) is 14.4. The summed E-state index contributed by atoms with van der Waals surface area (Å²) in [7, 11) is 4.28. The smallest absolute Gasteiger partial charge is 0.0486 e. The first-order chi connectivity index (χ1) is 11.1. The first-order valence-corrected chi connectivity index (χ1v) is 8.41. The number of benzene rings is 2. The fraction of sp³-hybridized carbons (Fsp3) is 0.333. The van der Waals surface area contributed by atoms with Gasteiger partial charge >= 0.3 is 0 Å². The molecule has 3 aromatic rings. The Kier molecular flexibility index (Phi) is 4.82. The van der Waals surface area contributed by atoms with Crippen LogP contribution in [0.5, 0.6) is 0 Å². The molecule has 1 heterocycles. The number of para-hydroxylation sites is 1. The maximum atomic E-state index is 2.41. The lowest BCUT2D eigenvalue weighted by molar-refractivity contribution is 0.400. The van der Waals surface area contributed by atoms with E-state index in [1.54, 1.807) is 0 Å². The molecule has 0 saturated heterocycles. The molecule has 23 heavy (non-hydrogen) atoms. The van der Waals surface area contributed by atoms with Gasteiger partial charge in [0.25, 0.3) is 0 Å². The van der Waals surface area contributed by atoms with E-state index >= 15 is 0 Å². The molecule has 0 saturated carbocycles. The van der Waals surface area contributed by atoms with Crippen LogP contribution in [0, 0.1) is 6.92 Å². The van der Waals surface area contributed by atoms with Crippen molar-refractivity contribution >= 4 is 10.9 Å². The minimum atomic E-state index is 0.945. The van der Waals surface area contributed by atoms with Crippen molar-refractivity contribution in [1.82, 2.24) is 9.47 Å². The van der Waals surface area contributed by atoms with Crippen LogP contribution in [0.4, 0.5) is 0 Å². The summed E-state index contributed by atoms with van der Waals surface area (Å²) in [5.41, 5.74) is 5.57. The van der Waals surface area contributed by atoms with E-state index in [1.165, 1.54) is 34.0 Å². The molecule has 2 aromatic carbocycles. The molecule has 0 amide bonds. The second-order valence-corrected chi connectivity index (χ2v) is 6.63. The number of rotatable bonds is 6. The minimum Gasteiger partial charge on any atom is -0.343 e. The van der Waals surface area contributed by atoms with Crippen molar-refractivity contribution in [3.8, 4) is 0 Å². The average Bonchev–Trinajstić information content (AvgIpc) is 2.88. The van der Waals surface area contributed by atoms with E-state index in [0.29, 0.717) is 0 Å². The lowest BCUT2D eigenvalue weighted by Crippen LogP contribution is -2.13. The summed E-state index contributed by atoms with van der Waals surface area (Å²) in [6, 6.07) is 17.5. The van der Waals surface area contributed by atoms with Gasteiger partial charge in [0.2, 0.25) is 0 Å². The Hall–Kier alpha value is -2.06. The zero-order valence-corrected chi connectivity index (χ0v) is 14.4. The quantitative estimate of drug-likeness (QED) is 0.651. The van der Waals surface area contributed by atoms with Crippen molar-refractivity contribution in [3.05, 3.63) is 71.4 Å². The van der Waals surface area contributed by atoms with Gasteiger partial charge in [-0.1, -0.05) is 42.5 Å². The van der Waals surface area contributed by atoms with E-state index in [1.807, 2.05) is 0 Å². The molecule has 2 heteroatoms. The van der Waals surface area contributed by atoms with Crippen LogP contribution in [0.3, 0.4) is 0 Å². The predicted molar refractivity (Wildman–Crippen MR) is 99.1 cm³/mol. The third kappa shape index (κ3) is 3.65. The molecule has 0 fully saturated rings. The Labute approximate surface area is 139 Å². The Morgan fingerprint density at radius 2 is 1.65 bits per heavy atom. The highest BCUT2D eigenvalue weighted by Crippen LogP contribution is 2.24. The van der Waals surface area contributed by atoms with Gasteiger partial charge in [0.05, 0.1) is 0 Å². The third-order valence-corrected chi connectivity index (χ3v) is 4.52. The molecule has 0 atom stereocenters. The highest BCUT2D eigenvalue weighted by molar-refractivity contribution is 5.84. The van der Waals surface area contributed by atoms with Crippen molar-refractivity contribution in [2.75, 3.05) is 20.6 Å². The number of aryl methyl sites for hydroxylation is 2. The van der Waals surface area contributed by atoms with Crippen molar-refractivity contribution in [1.29, 1.82) is 0 Å². The molecule has 0 N–H and O–H groups in total. The van der Waals surface area contributed by atoms with Gasteiger partial charge in [0, 0.05) is 23.6 Å². The Morgan fingerprint density at radius 3 is 2.43 bits per heavy atom. The summed E-state index contributed by atoms with van der Waals surface area (Å²) >= 11 is 0. The largest absolute Gasteiger partial charge is 0.343 e. The predicted octanol–water partition coefficient (Wildman–Crippen LogP) is 4.49. The number of nitrogens with zero attached hydrogens (tertiary/aromatic N) is 2. The van der Waals surface area contributed by atoms with E-state index in [2.05, 4.69) is 85.2 Å². The molecule has 0 radical (unpaired) electrons. The lowest BCUT2D eigenvalue weighted by atomic mass is 10.1. The van der Waals surface area contributed by atoms with Crippen LogP contribution >= 0.6 is 0 Å². The first kappa shape index (κ1) is 15.8. The molecular weight excluding hydrogens is 280 g/mol. The van der Waals surface area contributed by atoms with Gasteiger partial charge in [-0.05, 0) is 63.2 Å². The summed E-state index contributed by atoms with van der Waals surface area (Å²) < 4.78 is 2.41. The van der Waals surface area contributed by atoms with Crippen molar-refractivity contribution in [3.63, 3.8) is 0 Å². The van der Waals surface area contributed by atoms with Crippen LogP contribution in [-0.4, -0.2) is 30.1 Å². The van der Waals surface area contributed by atoms with Gasteiger partial charge in [-0.2, -0.15) is 0 Å². The number of fused-ring (bicyclic) bond motifs is 1. The summed E-state index contributed by atoms with van der Waals surface area (Å²) in [6.45, 7) is 4.27. The highest BCUT2D eigenvalue weighted by atomic mass is 15.0. The zero-order chi connectivity index (χ0) is 16.2. The van der Waals surface area contributed by atoms with E-state index < -0.39 is 0 Å². The van der Waals surface area contributed by atoms with Gasteiger partial charge < -0.3 is 9.47 Å². The van der Waals surface area contributed by atoms with Crippen LogP contribution in [0.15, 0.2) is 54.7 Å². The molecule has 0 bridgehead atoms. The topological polar surface area (TPSA) is 8.17 Å². The minimum absolute atomic E-state index is 0.945. The molecule has 2 nitrogen and oxygen atoms in total. The van der Waals surface area contributed by atoms with Crippen molar-refractivity contribution in [2.45, 2.75) is 26.3 Å². The molecule has 3 rings (SSSR count). The standard InChI is InChI=1S/C21H26N2/c1-17-9-4-5-10-18(17)15-23-16-19(11-8-14-22(2)3)20-12-6-7-13-21(20)23/h4-7,9-10,12-13,16H,8,11,14-15H2,1-3H3. The Morgan fingerprint density at radius 1 is 0.913 bits per heavy atom. The van der Waals surface area contributed by atoms with E-state index in [9.17, 15) is 0 Å². The lowest BCUT2D eigenvalue weighted by Gasteiger charge is -2.08. The Bertz CT molecular complexity index is 783. The third-order valence-electron chi connectivity index (χ3n) is 4.52. The molecule has 0 spiro atoms. The van der Waals surface area contributed by atoms with Gasteiger partial charge in [0.15, 0.2) is 0 Å². The van der Waals surface area contributed by atoms with Crippen LogP contribution in [0.1, 0.15) is 23.1 Å². The van der Waals surface area contributed by atoms with E-state index in [-0.39, 0.29) is 0 Å². The fourth-order valence-corrected chi connectivity index (χ4v) is 3.21. The fourth-order valence-electron chi connectivity index (χ4n) is 3.21. The maximum Gasteiger partial charge on any atom is 0.0486 e. The van der Waals surface area contributed by atoms with Gasteiger partial charge in [-0.15, -0.1) is 0 Å². The summed E-state index contributed by atoms with van der Waals surface area (Å²) in [5, 5.41) is 1.40. The van der Waals surface area contributed by atoms with Gasteiger partial charge in [-0.25, -0.2) is 0 Å². The normalized spacial score (nSPS) is 11.5. The number of hydrogen-bond acceptors (Lipinski definition) is 1. The first-order valence-electron chi connectivity index (χ1n) is 8.41. The summed E-state index contributed by atoms with van der Waals surface area (Å²) in [5.74, 6) is 0. The molecule has 120 valence electrons. The number of hydrogen-bond donors (Lipinski definition) is 0. The summed E-state index contributed by atoms with van der Waals surface area (Å²) in [6.07, 6.45) is 4.69. The molecular formula is C21H26N2. The van der Waals surface area contributed by atoms with Crippen molar-refractivity contribution < 1.29 is 0 Å². The van der Waals surface area contributed by atoms with Gasteiger partial charge in [-0.3, -0.25) is 0 Å². The molecule has 0 aliphatic rings.